The highest BCUT2D eigenvalue weighted by molar-refractivity contribution is 7.98. The zero-order valence-corrected chi connectivity index (χ0v) is 15.7. The second kappa shape index (κ2) is 10.2. The predicted molar refractivity (Wildman–Crippen MR) is 107 cm³/mol. The number of aryl methyl sites for hydroxylation is 1. The fourth-order valence-electron chi connectivity index (χ4n) is 2.08. The number of nitrogens with zero attached hydrogens (tertiary/aromatic N) is 1. The summed E-state index contributed by atoms with van der Waals surface area (Å²) in [7, 11) is 1.60. The van der Waals surface area contributed by atoms with Gasteiger partial charge in [-0.25, -0.2) is 4.98 Å². The minimum Gasteiger partial charge on any atom is -0.481 e. The first-order valence-electron chi connectivity index (χ1n) is 7.86. The lowest BCUT2D eigenvalue weighted by atomic mass is 10.1. The highest BCUT2D eigenvalue weighted by Crippen LogP contribution is 2.16. The van der Waals surface area contributed by atoms with Crippen molar-refractivity contribution < 1.29 is 4.74 Å². The summed E-state index contributed by atoms with van der Waals surface area (Å²) in [6.07, 6.45) is 2.77. The molecule has 0 saturated carbocycles. The van der Waals surface area contributed by atoms with E-state index in [1.54, 1.807) is 19.4 Å². The quantitative estimate of drug-likeness (QED) is 0.547. The molecule has 24 heavy (non-hydrogen) atoms. The van der Waals surface area contributed by atoms with Crippen LogP contribution in [0.4, 0.5) is 5.69 Å². The average molecular weight is 362 g/mol. The van der Waals surface area contributed by atoms with Gasteiger partial charge >= 0.3 is 0 Å². The summed E-state index contributed by atoms with van der Waals surface area (Å²) in [6.45, 7) is 3.02. The van der Waals surface area contributed by atoms with E-state index in [4.69, 9.17) is 17.0 Å². The van der Waals surface area contributed by atoms with E-state index in [2.05, 4.69) is 46.8 Å². The Morgan fingerprint density at radius 1 is 1.25 bits per heavy atom. The van der Waals surface area contributed by atoms with E-state index in [-0.39, 0.29) is 0 Å². The van der Waals surface area contributed by atoms with E-state index in [0.717, 1.165) is 30.2 Å². The van der Waals surface area contributed by atoms with Crippen LogP contribution in [0.2, 0.25) is 0 Å². The fraction of sp³-hybridized carbons (Fsp3) is 0.333. The van der Waals surface area contributed by atoms with Gasteiger partial charge in [-0.1, -0.05) is 24.3 Å². The molecular weight excluding hydrogens is 338 g/mol. The third kappa shape index (κ3) is 6.37. The number of methoxy groups -OCH3 is 1. The maximum Gasteiger partial charge on any atom is 0.213 e. The van der Waals surface area contributed by atoms with Crippen LogP contribution in [0.1, 0.15) is 17.5 Å². The molecule has 1 aromatic carbocycles. The molecule has 128 valence electrons. The monoisotopic (exact) mass is 361 g/mol. The number of rotatable bonds is 8. The van der Waals surface area contributed by atoms with Crippen molar-refractivity contribution in [1.29, 1.82) is 0 Å². The molecule has 0 aliphatic rings. The summed E-state index contributed by atoms with van der Waals surface area (Å²) in [5.41, 5.74) is 3.63. The molecule has 1 heterocycles. The van der Waals surface area contributed by atoms with E-state index < -0.39 is 0 Å². The number of hydrogen-bond donors (Lipinski definition) is 2. The molecule has 2 aromatic rings. The molecule has 2 rings (SSSR count). The van der Waals surface area contributed by atoms with Crippen LogP contribution in [0.3, 0.4) is 0 Å². The smallest absolute Gasteiger partial charge is 0.213 e. The van der Waals surface area contributed by atoms with Gasteiger partial charge in [0, 0.05) is 18.4 Å². The lowest BCUT2D eigenvalue weighted by molar-refractivity contribution is 0.398. The van der Waals surface area contributed by atoms with Gasteiger partial charge in [-0.15, -0.1) is 0 Å². The van der Waals surface area contributed by atoms with Crippen molar-refractivity contribution in [3.63, 3.8) is 0 Å². The number of aromatic nitrogens is 1. The third-order valence-corrected chi connectivity index (χ3v) is 4.81. The lowest BCUT2D eigenvalue weighted by Crippen LogP contribution is -2.29. The zero-order valence-electron chi connectivity index (χ0n) is 14.0. The summed E-state index contributed by atoms with van der Waals surface area (Å²) >= 11 is 7.23. The molecule has 0 radical (unpaired) electrons. The minimum atomic E-state index is 0.588. The van der Waals surface area contributed by atoms with Crippen LogP contribution in [0, 0.1) is 6.92 Å². The molecule has 6 heteroatoms. The van der Waals surface area contributed by atoms with Crippen LogP contribution in [0.25, 0.3) is 0 Å². The largest absolute Gasteiger partial charge is 0.481 e. The second-order valence-electron chi connectivity index (χ2n) is 5.30. The van der Waals surface area contributed by atoms with Crippen molar-refractivity contribution in [3.8, 4) is 5.88 Å². The SMILES string of the molecule is COc1ccc(NC(=S)NCCCSCc2ccccc2C)cn1. The van der Waals surface area contributed by atoms with Gasteiger partial charge in [0.1, 0.15) is 0 Å². The summed E-state index contributed by atoms with van der Waals surface area (Å²) in [4.78, 5) is 4.13. The number of pyridine rings is 1. The summed E-state index contributed by atoms with van der Waals surface area (Å²) in [5.74, 6) is 2.76. The molecule has 0 saturated heterocycles. The molecule has 0 spiro atoms. The van der Waals surface area contributed by atoms with Crippen molar-refractivity contribution in [2.45, 2.75) is 19.1 Å². The van der Waals surface area contributed by atoms with Crippen LogP contribution in [-0.2, 0) is 5.75 Å². The molecule has 0 unspecified atom stereocenters. The number of thiocarbonyl (C=S) groups is 1. The topological polar surface area (TPSA) is 46.2 Å². The molecule has 1 aromatic heterocycles. The maximum atomic E-state index is 5.28. The number of ether oxygens (including phenoxy) is 1. The second-order valence-corrected chi connectivity index (χ2v) is 6.82. The van der Waals surface area contributed by atoms with Crippen LogP contribution >= 0.6 is 24.0 Å². The number of hydrogen-bond acceptors (Lipinski definition) is 4. The Hall–Kier alpha value is -1.79. The number of anilines is 1. The summed E-state index contributed by atoms with van der Waals surface area (Å²) < 4.78 is 5.03. The van der Waals surface area contributed by atoms with Gasteiger partial charge in [-0.05, 0) is 48.5 Å². The van der Waals surface area contributed by atoms with Crippen LogP contribution in [0.15, 0.2) is 42.6 Å². The average Bonchev–Trinajstić information content (AvgIpc) is 2.60. The normalized spacial score (nSPS) is 10.2. The number of benzene rings is 1. The predicted octanol–water partition coefficient (Wildman–Crippen LogP) is 4.01. The minimum absolute atomic E-state index is 0.588. The van der Waals surface area contributed by atoms with Gasteiger partial charge in [0.2, 0.25) is 5.88 Å². The molecule has 0 aliphatic carbocycles. The van der Waals surface area contributed by atoms with E-state index in [9.17, 15) is 0 Å². The molecule has 0 bridgehead atoms. The zero-order chi connectivity index (χ0) is 17.2. The molecule has 4 nitrogen and oxygen atoms in total. The molecular formula is C18H23N3OS2. The molecule has 0 atom stereocenters. The van der Waals surface area contributed by atoms with E-state index >= 15 is 0 Å². The van der Waals surface area contributed by atoms with E-state index in [1.807, 2.05) is 17.8 Å². The van der Waals surface area contributed by atoms with Crippen LogP contribution in [0.5, 0.6) is 5.88 Å². The summed E-state index contributed by atoms with van der Waals surface area (Å²) in [5, 5.41) is 6.95. The first-order chi connectivity index (χ1) is 11.7. The van der Waals surface area contributed by atoms with Gasteiger partial charge in [-0.3, -0.25) is 0 Å². The van der Waals surface area contributed by atoms with Crippen molar-refractivity contribution in [3.05, 3.63) is 53.7 Å². The lowest BCUT2D eigenvalue weighted by Gasteiger charge is -2.10. The van der Waals surface area contributed by atoms with Gasteiger partial charge in [0.25, 0.3) is 0 Å². The van der Waals surface area contributed by atoms with E-state index in [1.165, 1.54) is 11.1 Å². The van der Waals surface area contributed by atoms with Crippen LogP contribution < -0.4 is 15.4 Å². The molecule has 0 aliphatic heterocycles. The maximum absolute atomic E-state index is 5.28. The van der Waals surface area contributed by atoms with Crippen molar-refractivity contribution in [2.75, 3.05) is 24.7 Å². The highest BCUT2D eigenvalue weighted by Gasteiger charge is 2.00. The van der Waals surface area contributed by atoms with Gasteiger partial charge in [0.15, 0.2) is 5.11 Å². The number of nitrogens with one attached hydrogen (secondary N) is 2. The Labute approximate surface area is 153 Å². The van der Waals surface area contributed by atoms with Gasteiger partial charge in [0.05, 0.1) is 19.0 Å². The van der Waals surface area contributed by atoms with Crippen molar-refractivity contribution >= 4 is 34.8 Å². The molecule has 0 amide bonds. The third-order valence-electron chi connectivity index (χ3n) is 3.47. The van der Waals surface area contributed by atoms with Gasteiger partial charge < -0.3 is 15.4 Å². The Morgan fingerprint density at radius 3 is 2.79 bits per heavy atom. The van der Waals surface area contributed by atoms with Crippen molar-refractivity contribution in [1.82, 2.24) is 10.3 Å². The summed E-state index contributed by atoms with van der Waals surface area (Å²) in [6, 6.07) is 12.2. The fourth-order valence-corrected chi connectivity index (χ4v) is 3.34. The first kappa shape index (κ1) is 18.5. The Balaban J connectivity index is 1.58. The first-order valence-corrected chi connectivity index (χ1v) is 9.42. The van der Waals surface area contributed by atoms with Crippen LogP contribution in [-0.4, -0.2) is 29.5 Å². The van der Waals surface area contributed by atoms with E-state index in [0.29, 0.717) is 11.0 Å². The molecule has 0 fully saturated rings. The Bertz CT molecular complexity index is 647. The standard InChI is InChI=1S/C18H23N3OS2/c1-14-6-3-4-7-15(14)13-24-11-5-10-19-18(23)21-16-8-9-17(22-2)20-12-16/h3-4,6-9,12H,5,10-11,13H2,1-2H3,(H2,19,21,23). The Kier molecular flexibility index (Phi) is 7.85. The van der Waals surface area contributed by atoms with Crippen molar-refractivity contribution in [2.24, 2.45) is 0 Å². The van der Waals surface area contributed by atoms with Gasteiger partial charge in [-0.2, -0.15) is 11.8 Å². The number of thioether (sulfide) groups is 1. The Morgan fingerprint density at radius 2 is 2.08 bits per heavy atom. The molecule has 2 N–H and O–H groups in total. The highest BCUT2D eigenvalue weighted by atomic mass is 32.2.